The van der Waals surface area contributed by atoms with Crippen LogP contribution < -0.4 is 9.64 Å². The lowest BCUT2D eigenvalue weighted by Crippen LogP contribution is -2.26. The van der Waals surface area contributed by atoms with E-state index >= 15 is 0 Å². The van der Waals surface area contributed by atoms with Crippen molar-refractivity contribution in [3.8, 4) is 5.75 Å². The van der Waals surface area contributed by atoms with Gasteiger partial charge >= 0.3 is 0 Å². The first-order valence-corrected chi connectivity index (χ1v) is 9.64. The van der Waals surface area contributed by atoms with Gasteiger partial charge in [0.05, 0.1) is 28.3 Å². The van der Waals surface area contributed by atoms with Crippen LogP contribution in [0.15, 0.2) is 16.6 Å². The number of amides is 1. The van der Waals surface area contributed by atoms with E-state index in [4.69, 9.17) is 15.4 Å². The second-order valence-electron chi connectivity index (χ2n) is 5.01. The summed E-state index contributed by atoms with van der Waals surface area (Å²) in [7, 11) is 2.83. The summed E-state index contributed by atoms with van der Waals surface area (Å²) < 4.78 is 27.6. The molecule has 1 aliphatic rings. The summed E-state index contributed by atoms with van der Waals surface area (Å²) in [5, 5.41) is 11.3. The van der Waals surface area contributed by atoms with Crippen LogP contribution in [0.25, 0.3) is 0 Å². The van der Waals surface area contributed by atoms with Crippen molar-refractivity contribution in [2.45, 2.75) is 6.42 Å². The fourth-order valence-corrected chi connectivity index (χ4v) is 4.44. The standard InChI is InChI=1S/C12H12BrClN2O6S/c1-22-8-3-9(13)12(10(4-8)16(18)19)15-5-7(2-11(15)17)6-23(14,20)21/h3-4,7H,2,5-6H2,1H3. The Bertz CT molecular complexity index is 769. The summed E-state index contributed by atoms with van der Waals surface area (Å²) in [6, 6.07) is 2.71. The molecule has 0 bridgehead atoms. The largest absolute Gasteiger partial charge is 0.496 e. The van der Waals surface area contributed by atoms with E-state index < -0.39 is 25.8 Å². The van der Waals surface area contributed by atoms with Crippen molar-refractivity contribution in [1.29, 1.82) is 0 Å². The number of halogens is 2. The van der Waals surface area contributed by atoms with Crippen LogP contribution in [-0.4, -0.2) is 38.7 Å². The van der Waals surface area contributed by atoms with Crippen molar-refractivity contribution >= 4 is 52.9 Å². The van der Waals surface area contributed by atoms with Gasteiger partial charge in [-0.25, -0.2) is 8.42 Å². The summed E-state index contributed by atoms with van der Waals surface area (Å²) in [5.41, 5.74) is -0.228. The molecule has 126 valence electrons. The van der Waals surface area contributed by atoms with Crippen LogP contribution in [0.3, 0.4) is 0 Å². The monoisotopic (exact) mass is 426 g/mol. The van der Waals surface area contributed by atoms with E-state index in [9.17, 15) is 23.3 Å². The zero-order valence-electron chi connectivity index (χ0n) is 11.9. The fraction of sp³-hybridized carbons (Fsp3) is 0.417. The summed E-state index contributed by atoms with van der Waals surface area (Å²) >= 11 is 3.20. The molecule has 1 saturated heterocycles. The van der Waals surface area contributed by atoms with Crippen molar-refractivity contribution < 1.29 is 22.9 Å². The Morgan fingerprint density at radius 1 is 1.52 bits per heavy atom. The number of carbonyl (C=O) groups is 1. The molecule has 1 heterocycles. The minimum absolute atomic E-state index is 0.0382. The molecule has 1 unspecified atom stereocenters. The summed E-state index contributed by atoms with van der Waals surface area (Å²) in [5.74, 6) is -1.01. The third kappa shape index (κ3) is 4.12. The van der Waals surface area contributed by atoms with Gasteiger partial charge < -0.3 is 9.64 Å². The molecule has 0 saturated carbocycles. The van der Waals surface area contributed by atoms with E-state index in [1.54, 1.807) is 0 Å². The third-order valence-electron chi connectivity index (χ3n) is 3.36. The average molecular weight is 428 g/mol. The second-order valence-corrected chi connectivity index (χ2v) is 8.69. The first kappa shape index (κ1) is 18.0. The molecule has 2 rings (SSSR count). The molecular weight excluding hydrogens is 416 g/mol. The maximum Gasteiger partial charge on any atom is 0.297 e. The highest BCUT2D eigenvalue weighted by Crippen LogP contribution is 2.42. The number of carbonyl (C=O) groups excluding carboxylic acids is 1. The van der Waals surface area contributed by atoms with Gasteiger partial charge in [-0.05, 0) is 22.0 Å². The molecule has 0 aromatic heterocycles. The first-order chi connectivity index (χ1) is 10.6. The molecule has 1 aromatic carbocycles. The lowest BCUT2D eigenvalue weighted by molar-refractivity contribution is -0.384. The molecule has 0 radical (unpaired) electrons. The summed E-state index contributed by atoms with van der Waals surface area (Å²) in [6.45, 7) is 0.0382. The number of rotatable bonds is 5. The molecule has 11 heteroatoms. The van der Waals surface area contributed by atoms with Crippen molar-refractivity contribution in [2.75, 3.05) is 24.3 Å². The van der Waals surface area contributed by atoms with E-state index in [0.717, 1.165) is 0 Å². The van der Waals surface area contributed by atoms with Crippen LogP contribution in [0.2, 0.25) is 0 Å². The zero-order valence-corrected chi connectivity index (χ0v) is 15.0. The average Bonchev–Trinajstić information content (AvgIpc) is 2.75. The number of benzene rings is 1. The summed E-state index contributed by atoms with van der Waals surface area (Å²) in [6.07, 6.45) is -0.0401. The molecule has 1 atom stereocenters. The SMILES string of the molecule is COc1cc(Br)c(N2CC(CS(=O)(=O)Cl)CC2=O)c([N+](=O)[O-])c1. The Hall–Kier alpha value is -1.39. The molecule has 1 fully saturated rings. The number of anilines is 1. The van der Waals surface area contributed by atoms with Crippen LogP contribution >= 0.6 is 26.6 Å². The zero-order chi connectivity index (χ0) is 17.4. The molecule has 0 aliphatic carbocycles. The van der Waals surface area contributed by atoms with E-state index in [1.165, 1.54) is 24.1 Å². The molecule has 8 nitrogen and oxygen atoms in total. The Kier molecular flexibility index (Phi) is 5.17. The smallest absolute Gasteiger partial charge is 0.297 e. The van der Waals surface area contributed by atoms with E-state index in [-0.39, 0.29) is 35.8 Å². The minimum Gasteiger partial charge on any atom is -0.496 e. The number of hydrogen-bond donors (Lipinski definition) is 0. The van der Waals surface area contributed by atoms with Gasteiger partial charge in [-0.3, -0.25) is 14.9 Å². The molecule has 0 spiro atoms. The molecule has 1 aliphatic heterocycles. The number of hydrogen-bond acceptors (Lipinski definition) is 6. The van der Waals surface area contributed by atoms with Gasteiger partial charge in [0.15, 0.2) is 0 Å². The Morgan fingerprint density at radius 2 is 2.17 bits per heavy atom. The second kappa shape index (κ2) is 6.62. The lowest BCUT2D eigenvalue weighted by atomic mass is 10.1. The maximum atomic E-state index is 12.2. The van der Waals surface area contributed by atoms with Crippen LogP contribution in [0.5, 0.6) is 5.75 Å². The number of nitro benzene ring substituents is 1. The minimum atomic E-state index is -3.76. The molecular formula is C12H12BrClN2O6S. The topological polar surface area (TPSA) is 107 Å². The highest BCUT2D eigenvalue weighted by atomic mass is 79.9. The van der Waals surface area contributed by atoms with Crippen molar-refractivity contribution in [3.63, 3.8) is 0 Å². The molecule has 1 aromatic rings. The van der Waals surface area contributed by atoms with Crippen LogP contribution in [0.1, 0.15) is 6.42 Å². The van der Waals surface area contributed by atoms with Crippen molar-refractivity contribution in [3.05, 3.63) is 26.7 Å². The van der Waals surface area contributed by atoms with Gasteiger partial charge in [-0.1, -0.05) is 0 Å². The number of nitrogens with zero attached hydrogens (tertiary/aromatic N) is 2. The number of nitro groups is 1. The van der Waals surface area contributed by atoms with Gasteiger partial charge in [0.2, 0.25) is 15.0 Å². The van der Waals surface area contributed by atoms with E-state index in [0.29, 0.717) is 4.47 Å². The van der Waals surface area contributed by atoms with Crippen molar-refractivity contribution in [2.24, 2.45) is 5.92 Å². The fourth-order valence-electron chi connectivity index (χ4n) is 2.48. The quantitative estimate of drug-likeness (QED) is 0.405. The Labute approximate surface area is 145 Å². The van der Waals surface area contributed by atoms with Gasteiger partial charge in [0.25, 0.3) is 5.69 Å². The van der Waals surface area contributed by atoms with Gasteiger partial charge in [-0.2, -0.15) is 0 Å². The predicted molar refractivity (Wildman–Crippen MR) is 87.4 cm³/mol. The Balaban J connectivity index is 2.42. The van der Waals surface area contributed by atoms with Gasteiger partial charge in [-0.15, -0.1) is 0 Å². The van der Waals surface area contributed by atoms with Crippen molar-refractivity contribution in [1.82, 2.24) is 0 Å². The van der Waals surface area contributed by atoms with Crippen LogP contribution in [-0.2, 0) is 13.8 Å². The van der Waals surface area contributed by atoms with Gasteiger partial charge in [0.1, 0.15) is 11.4 Å². The Morgan fingerprint density at radius 3 is 2.70 bits per heavy atom. The van der Waals surface area contributed by atoms with Crippen LogP contribution in [0, 0.1) is 16.0 Å². The molecule has 0 N–H and O–H groups in total. The highest BCUT2D eigenvalue weighted by molar-refractivity contribution is 9.10. The highest BCUT2D eigenvalue weighted by Gasteiger charge is 2.37. The molecule has 1 amide bonds. The maximum absolute atomic E-state index is 12.2. The van der Waals surface area contributed by atoms with Gasteiger partial charge in [0, 0.05) is 29.6 Å². The van der Waals surface area contributed by atoms with Crippen LogP contribution in [0.4, 0.5) is 11.4 Å². The van der Waals surface area contributed by atoms with E-state index in [1.807, 2.05) is 0 Å². The summed E-state index contributed by atoms with van der Waals surface area (Å²) in [4.78, 5) is 24.0. The van der Waals surface area contributed by atoms with E-state index in [2.05, 4.69) is 15.9 Å². The first-order valence-electron chi connectivity index (χ1n) is 6.37. The number of methoxy groups -OCH3 is 1. The lowest BCUT2D eigenvalue weighted by Gasteiger charge is -2.19. The number of ether oxygens (including phenoxy) is 1. The normalized spacial score (nSPS) is 18.3. The molecule has 23 heavy (non-hydrogen) atoms. The predicted octanol–water partition coefficient (Wildman–Crippen LogP) is 2.29. The third-order valence-corrected chi connectivity index (χ3v) is 5.21.